The predicted molar refractivity (Wildman–Crippen MR) is 98.3 cm³/mol. The van der Waals surface area contributed by atoms with Gasteiger partial charge in [0.15, 0.2) is 5.96 Å². The SMILES string of the molecule is CCNC(=NCc1ccc(F)cc1)N1CCN(c2cnn(C)c2)C(=O)C1. The lowest BCUT2D eigenvalue weighted by molar-refractivity contribution is -0.120. The molecule has 1 aliphatic rings. The van der Waals surface area contributed by atoms with E-state index < -0.39 is 0 Å². The molecule has 1 saturated heterocycles. The zero-order chi connectivity index (χ0) is 18.5. The van der Waals surface area contributed by atoms with Crippen LogP contribution in [-0.2, 0) is 18.4 Å². The van der Waals surface area contributed by atoms with E-state index in [4.69, 9.17) is 0 Å². The number of aryl methyl sites for hydroxylation is 1. The Hall–Kier alpha value is -2.90. The van der Waals surface area contributed by atoms with Crippen LogP contribution in [-0.4, -0.2) is 52.7 Å². The molecule has 0 radical (unpaired) electrons. The number of carbonyl (C=O) groups excluding carboxylic acids is 1. The first kappa shape index (κ1) is 17.9. The van der Waals surface area contributed by atoms with Gasteiger partial charge in [-0.15, -0.1) is 0 Å². The Labute approximate surface area is 152 Å². The molecule has 0 aliphatic carbocycles. The largest absolute Gasteiger partial charge is 0.356 e. The molecule has 0 bridgehead atoms. The first-order valence-electron chi connectivity index (χ1n) is 8.63. The molecule has 8 heteroatoms. The zero-order valence-corrected chi connectivity index (χ0v) is 15.0. The minimum absolute atomic E-state index is 0.0108. The molecule has 0 spiro atoms. The standard InChI is InChI=1S/C18H23FN6O/c1-3-20-18(21-10-14-4-6-15(19)7-5-14)24-8-9-25(17(26)13-24)16-11-22-23(2)12-16/h4-7,11-12H,3,8-10,13H2,1-2H3,(H,20,21). The second kappa shape index (κ2) is 7.99. The molecule has 138 valence electrons. The summed E-state index contributed by atoms with van der Waals surface area (Å²) in [6.45, 7) is 4.63. The Bertz CT molecular complexity index is 785. The van der Waals surface area contributed by atoms with E-state index in [9.17, 15) is 9.18 Å². The minimum Gasteiger partial charge on any atom is -0.356 e. The molecule has 2 aromatic rings. The molecule has 2 heterocycles. The van der Waals surface area contributed by atoms with Crippen molar-refractivity contribution in [1.82, 2.24) is 20.0 Å². The van der Waals surface area contributed by atoms with Crippen molar-refractivity contribution in [3.05, 3.63) is 48.0 Å². The zero-order valence-electron chi connectivity index (χ0n) is 15.0. The maximum atomic E-state index is 13.0. The number of hydrogen-bond donors (Lipinski definition) is 1. The normalized spacial score (nSPS) is 15.5. The molecule has 1 aliphatic heterocycles. The molecule has 1 fully saturated rings. The number of guanidine groups is 1. The van der Waals surface area contributed by atoms with E-state index in [1.165, 1.54) is 12.1 Å². The number of aromatic nitrogens is 2. The van der Waals surface area contributed by atoms with E-state index in [0.717, 1.165) is 11.3 Å². The third-order valence-electron chi connectivity index (χ3n) is 4.18. The van der Waals surface area contributed by atoms with Crippen molar-refractivity contribution in [2.24, 2.45) is 12.0 Å². The number of hydrogen-bond acceptors (Lipinski definition) is 3. The molecular formula is C18H23FN6O. The van der Waals surface area contributed by atoms with Gasteiger partial charge >= 0.3 is 0 Å². The first-order chi connectivity index (χ1) is 12.6. The summed E-state index contributed by atoms with van der Waals surface area (Å²) >= 11 is 0. The number of rotatable bonds is 4. The van der Waals surface area contributed by atoms with Crippen LogP contribution >= 0.6 is 0 Å². The Kier molecular flexibility index (Phi) is 5.50. The van der Waals surface area contributed by atoms with Crippen molar-refractivity contribution in [2.75, 3.05) is 31.1 Å². The number of halogens is 1. The number of carbonyl (C=O) groups is 1. The molecule has 3 rings (SSSR count). The Balaban J connectivity index is 1.68. The third kappa shape index (κ3) is 4.19. The van der Waals surface area contributed by atoms with Gasteiger partial charge in [0.2, 0.25) is 5.91 Å². The molecule has 0 saturated carbocycles. The van der Waals surface area contributed by atoms with Gasteiger partial charge in [-0.1, -0.05) is 12.1 Å². The van der Waals surface area contributed by atoms with Crippen LogP contribution in [0.4, 0.5) is 10.1 Å². The Morgan fingerprint density at radius 3 is 2.69 bits per heavy atom. The molecule has 1 aromatic heterocycles. The fourth-order valence-electron chi connectivity index (χ4n) is 2.86. The fourth-order valence-corrected chi connectivity index (χ4v) is 2.86. The highest BCUT2D eigenvalue weighted by Crippen LogP contribution is 2.16. The van der Waals surface area contributed by atoms with E-state index in [0.29, 0.717) is 32.1 Å². The third-order valence-corrected chi connectivity index (χ3v) is 4.18. The van der Waals surface area contributed by atoms with Crippen LogP contribution in [0.15, 0.2) is 41.7 Å². The number of amides is 1. The minimum atomic E-state index is -0.262. The quantitative estimate of drug-likeness (QED) is 0.662. The van der Waals surface area contributed by atoms with Gasteiger partial charge in [0.1, 0.15) is 12.4 Å². The van der Waals surface area contributed by atoms with Gasteiger partial charge in [-0.3, -0.25) is 9.48 Å². The summed E-state index contributed by atoms with van der Waals surface area (Å²) in [6.07, 6.45) is 3.53. The van der Waals surface area contributed by atoms with Gasteiger partial charge in [0.25, 0.3) is 0 Å². The highest BCUT2D eigenvalue weighted by molar-refractivity contribution is 5.98. The van der Waals surface area contributed by atoms with Crippen molar-refractivity contribution in [3.8, 4) is 0 Å². The summed E-state index contributed by atoms with van der Waals surface area (Å²) in [6, 6.07) is 6.28. The highest BCUT2D eigenvalue weighted by Gasteiger charge is 2.27. The Morgan fingerprint density at radius 2 is 2.08 bits per heavy atom. The van der Waals surface area contributed by atoms with Crippen LogP contribution in [0.25, 0.3) is 0 Å². The van der Waals surface area contributed by atoms with E-state index in [-0.39, 0.29) is 18.3 Å². The molecule has 1 N–H and O–H groups in total. The molecular weight excluding hydrogens is 335 g/mol. The monoisotopic (exact) mass is 358 g/mol. The second-order valence-corrected chi connectivity index (χ2v) is 6.14. The van der Waals surface area contributed by atoms with E-state index >= 15 is 0 Å². The highest BCUT2D eigenvalue weighted by atomic mass is 19.1. The van der Waals surface area contributed by atoms with Crippen molar-refractivity contribution in [1.29, 1.82) is 0 Å². The topological polar surface area (TPSA) is 65.8 Å². The number of piperazine rings is 1. The van der Waals surface area contributed by atoms with E-state index in [2.05, 4.69) is 15.4 Å². The lowest BCUT2D eigenvalue weighted by Crippen LogP contribution is -2.55. The summed E-state index contributed by atoms with van der Waals surface area (Å²) < 4.78 is 14.7. The number of nitrogens with one attached hydrogen (secondary N) is 1. The van der Waals surface area contributed by atoms with Gasteiger partial charge in [-0.2, -0.15) is 5.10 Å². The summed E-state index contributed by atoms with van der Waals surface area (Å²) in [5, 5.41) is 7.35. The van der Waals surface area contributed by atoms with Crippen molar-refractivity contribution < 1.29 is 9.18 Å². The number of anilines is 1. The predicted octanol–water partition coefficient (Wildman–Crippen LogP) is 1.37. The lowest BCUT2D eigenvalue weighted by atomic mass is 10.2. The maximum absolute atomic E-state index is 13.0. The average molecular weight is 358 g/mol. The van der Waals surface area contributed by atoms with E-state index in [1.807, 2.05) is 25.1 Å². The second-order valence-electron chi connectivity index (χ2n) is 6.14. The van der Waals surface area contributed by atoms with Crippen molar-refractivity contribution in [2.45, 2.75) is 13.5 Å². The molecule has 7 nitrogen and oxygen atoms in total. The van der Waals surface area contributed by atoms with Gasteiger partial charge in [0, 0.05) is 32.9 Å². The summed E-state index contributed by atoms with van der Waals surface area (Å²) in [5.41, 5.74) is 1.73. The maximum Gasteiger partial charge on any atom is 0.246 e. The van der Waals surface area contributed by atoms with Crippen molar-refractivity contribution in [3.63, 3.8) is 0 Å². The van der Waals surface area contributed by atoms with Gasteiger partial charge in [0.05, 0.1) is 18.4 Å². The molecule has 0 unspecified atom stereocenters. The van der Waals surface area contributed by atoms with Crippen LogP contribution in [0.3, 0.4) is 0 Å². The first-order valence-corrected chi connectivity index (χ1v) is 8.63. The molecule has 0 atom stereocenters. The van der Waals surface area contributed by atoms with Gasteiger partial charge < -0.3 is 15.1 Å². The van der Waals surface area contributed by atoms with Crippen LogP contribution in [0.5, 0.6) is 0 Å². The Morgan fingerprint density at radius 1 is 1.31 bits per heavy atom. The summed E-state index contributed by atoms with van der Waals surface area (Å²) in [5.74, 6) is 0.439. The number of benzene rings is 1. The van der Waals surface area contributed by atoms with Gasteiger partial charge in [-0.25, -0.2) is 9.38 Å². The number of aliphatic imine (C=N–C) groups is 1. The van der Waals surface area contributed by atoms with Crippen LogP contribution in [0.1, 0.15) is 12.5 Å². The van der Waals surface area contributed by atoms with Gasteiger partial charge in [-0.05, 0) is 24.6 Å². The summed E-state index contributed by atoms with van der Waals surface area (Å²) in [7, 11) is 1.83. The van der Waals surface area contributed by atoms with E-state index in [1.54, 1.807) is 27.9 Å². The number of nitrogens with zero attached hydrogens (tertiary/aromatic N) is 5. The van der Waals surface area contributed by atoms with Crippen LogP contribution in [0.2, 0.25) is 0 Å². The molecule has 1 aromatic carbocycles. The average Bonchev–Trinajstić information content (AvgIpc) is 3.06. The molecule has 26 heavy (non-hydrogen) atoms. The lowest BCUT2D eigenvalue weighted by Gasteiger charge is -2.35. The fraction of sp³-hybridized carbons (Fsp3) is 0.389. The van der Waals surface area contributed by atoms with Crippen LogP contribution in [0, 0.1) is 5.82 Å². The van der Waals surface area contributed by atoms with Crippen molar-refractivity contribution >= 4 is 17.6 Å². The van der Waals surface area contributed by atoms with Crippen LogP contribution < -0.4 is 10.2 Å². The summed E-state index contributed by atoms with van der Waals surface area (Å²) in [4.78, 5) is 20.8. The smallest absolute Gasteiger partial charge is 0.246 e. The molecule has 1 amide bonds.